The highest BCUT2D eigenvalue weighted by Gasteiger charge is 2.04. The van der Waals surface area contributed by atoms with E-state index in [1.165, 1.54) is 0 Å². The lowest BCUT2D eigenvalue weighted by Gasteiger charge is -2.12. The van der Waals surface area contributed by atoms with E-state index in [9.17, 15) is 0 Å². The molecule has 0 aliphatic carbocycles. The van der Waals surface area contributed by atoms with Gasteiger partial charge in [-0.05, 0) is 44.2 Å². The first-order valence-corrected chi connectivity index (χ1v) is 8.16. The highest BCUT2D eigenvalue weighted by Crippen LogP contribution is 2.28. The molecule has 0 aliphatic rings. The summed E-state index contributed by atoms with van der Waals surface area (Å²) in [5, 5.41) is 11.8. The van der Waals surface area contributed by atoms with E-state index in [4.69, 9.17) is 20.9 Å². The van der Waals surface area contributed by atoms with Crippen molar-refractivity contribution in [1.29, 1.82) is 0 Å². The molecule has 0 aliphatic heterocycles. The first kappa shape index (κ1) is 19.1. The number of methoxy groups -OCH3 is 2. The van der Waals surface area contributed by atoms with Crippen molar-refractivity contribution in [2.24, 2.45) is 10.2 Å². The van der Waals surface area contributed by atoms with Gasteiger partial charge in [-0.25, -0.2) is 0 Å². The van der Waals surface area contributed by atoms with Crippen molar-refractivity contribution >= 4 is 22.7 Å². The number of rotatable bonds is 7. The molecule has 0 amide bonds. The van der Waals surface area contributed by atoms with E-state index >= 15 is 0 Å². The summed E-state index contributed by atoms with van der Waals surface area (Å²) in [5.41, 5.74) is 15.3. The van der Waals surface area contributed by atoms with Gasteiger partial charge in [0.25, 0.3) is 0 Å². The molecule has 0 heterocycles. The lowest BCUT2D eigenvalue weighted by atomic mass is 10.2. The number of benzene rings is 2. The Bertz CT molecular complexity index is 818. The molecule has 0 radical (unpaired) electrons. The SMILES string of the molecule is COc1ccc(N)c(/N=N\C(C)/C=C(\C)Nc2cc(OC)ccc2N)c1. The smallest absolute Gasteiger partial charge is 0.121 e. The van der Waals surface area contributed by atoms with Crippen molar-refractivity contribution in [3.63, 3.8) is 0 Å². The summed E-state index contributed by atoms with van der Waals surface area (Å²) < 4.78 is 10.4. The Morgan fingerprint density at radius 1 is 1.04 bits per heavy atom. The van der Waals surface area contributed by atoms with Crippen molar-refractivity contribution < 1.29 is 9.47 Å². The van der Waals surface area contributed by atoms with Gasteiger partial charge in [-0.3, -0.25) is 0 Å². The molecule has 1 atom stereocenters. The van der Waals surface area contributed by atoms with Crippen LogP contribution in [0.3, 0.4) is 0 Å². The molecule has 138 valence electrons. The zero-order chi connectivity index (χ0) is 19.1. The second kappa shape index (κ2) is 8.75. The maximum atomic E-state index is 5.99. The van der Waals surface area contributed by atoms with Crippen molar-refractivity contribution in [2.75, 3.05) is 31.0 Å². The average Bonchev–Trinajstić information content (AvgIpc) is 2.62. The number of ether oxygens (including phenoxy) is 2. The second-order valence-electron chi connectivity index (χ2n) is 5.81. The number of nitrogens with one attached hydrogen (secondary N) is 1. The first-order valence-electron chi connectivity index (χ1n) is 8.16. The fourth-order valence-electron chi connectivity index (χ4n) is 2.31. The minimum atomic E-state index is -0.153. The van der Waals surface area contributed by atoms with Crippen LogP contribution in [0.5, 0.6) is 11.5 Å². The normalized spacial score (nSPS) is 12.8. The highest BCUT2D eigenvalue weighted by atomic mass is 16.5. The van der Waals surface area contributed by atoms with E-state index in [1.54, 1.807) is 38.5 Å². The van der Waals surface area contributed by atoms with Crippen LogP contribution < -0.4 is 26.3 Å². The first-order chi connectivity index (χ1) is 12.4. The largest absolute Gasteiger partial charge is 0.497 e. The van der Waals surface area contributed by atoms with Crippen LogP contribution in [0, 0.1) is 0 Å². The molecule has 7 heteroatoms. The molecular formula is C19H25N5O2. The molecule has 0 fully saturated rings. The molecule has 1 unspecified atom stereocenters. The zero-order valence-corrected chi connectivity index (χ0v) is 15.5. The number of nitrogen functional groups attached to an aromatic ring is 2. The quantitative estimate of drug-likeness (QED) is 0.505. The van der Waals surface area contributed by atoms with Crippen LogP contribution in [-0.2, 0) is 0 Å². The molecule has 26 heavy (non-hydrogen) atoms. The van der Waals surface area contributed by atoms with Gasteiger partial charge in [0.05, 0.1) is 37.3 Å². The molecule has 2 rings (SSSR count). The van der Waals surface area contributed by atoms with Crippen molar-refractivity contribution in [3.8, 4) is 11.5 Å². The van der Waals surface area contributed by atoms with Gasteiger partial charge < -0.3 is 26.3 Å². The number of hydrogen-bond donors (Lipinski definition) is 3. The van der Waals surface area contributed by atoms with Gasteiger partial charge in [0, 0.05) is 17.8 Å². The fraction of sp³-hybridized carbons (Fsp3) is 0.263. The van der Waals surface area contributed by atoms with Gasteiger partial charge in [-0.15, -0.1) is 0 Å². The van der Waals surface area contributed by atoms with Crippen molar-refractivity contribution in [1.82, 2.24) is 0 Å². The highest BCUT2D eigenvalue weighted by molar-refractivity contribution is 5.70. The standard InChI is InChI=1S/C19H25N5O2/c1-12(22-18-10-14(25-3)5-7-16(18)20)9-13(2)23-24-19-11-15(26-4)6-8-17(19)21/h5-11,13,22H,20-21H2,1-4H3/b12-9+,24-23-. The second-order valence-corrected chi connectivity index (χ2v) is 5.81. The number of azo groups is 1. The Labute approximate surface area is 153 Å². The van der Waals surface area contributed by atoms with Crippen molar-refractivity contribution in [3.05, 3.63) is 48.2 Å². The van der Waals surface area contributed by atoms with Crippen LogP contribution in [0.25, 0.3) is 0 Å². The summed E-state index contributed by atoms with van der Waals surface area (Å²) in [7, 11) is 3.21. The lowest BCUT2D eigenvalue weighted by molar-refractivity contribution is 0.415. The van der Waals surface area contributed by atoms with Gasteiger partial charge in [0.15, 0.2) is 0 Å². The summed E-state index contributed by atoms with van der Waals surface area (Å²) in [6.07, 6.45) is 1.94. The van der Waals surface area contributed by atoms with E-state index in [0.717, 1.165) is 17.1 Å². The molecule has 0 spiro atoms. The summed E-state index contributed by atoms with van der Waals surface area (Å²) in [6, 6.07) is 10.6. The van der Waals surface area contributed by atoms with Gasteiger partial charge in [-0.1, -0.05) is 0 Å². The third kappa shape index (κ3) is 5.14. The average molecular weight is 355 g/mol. The summed E-state index contributed by atoms with van der Waals surface area (Å²) in [6.45, 7) is 3.87. The number of anilines is 3. The van der Waals surface area contributed by atoms with Gasteiger partial charge in [-0.2, -0.15) is 10.2 Å². The number of nitrogens with two attached hydrogens (primary N) is 2. The van der Waals surface area contributed by atoms with Crippen LogP contribution in [0.1, 0.15) is 13.8 Å². The third-order valence-electron chi connectivity index (χ3n) is 3.67. The van der Waals surface area contributed by atoms with Gasteiger partial charge in [0.2, 0.25) is 0 Å². The van der Waals surface area contributed by atoms with Crippen LogP contribution >= 0.6 is 0 Å². The predicted octanol–water partition coefficient (Wildman–Crippen LogP) is 4.36. The van der Waals surface area contributed by atoms with Crippen molar-refractivity contribution in [2.45, 2.75) is 19.9 Å². The monoisotopic (exact) mass is 355 g/mol. The van der Waals surface area contributed by atoms with Crippen LogP contribution in [-0.4, -0.2) is 20.3 Å². The Kier molecular flexibility index (Phi) is 6.43. The minimum Gasteiger partial charge on any atom is -0.497 e. The molecular weight excluding hydrogens is 330 g/mol. The Morgan fingerprint density at radius 2 is 1.65 bits per heavy atom. The van der Waals surface area contributed by atoms with E-state index < -0.39 is 0 Å². The van der Waals surface area contributed by atoms with Crippen LogP contribution in [0.2, 0.25) is 0 Å². The molecule has 0 saturated heterocycles. The minimum absolute atomic E-state index is 0.153. The van der Waals surface area contributed by atoms with E-state index in [-0.39, 0.29) is 6.04 Å². The maximum absolute atomic E-state index is 5.99. The molecule has 2 aromatic carbocycles. The van der Waals surface area contributed by atoms with Crippen LogP contribution in [0.4, 0.5) is 22.7 Å². The topological polar surface area (TPSA) is 107 Å². The Hall–Kier alpha value is -3.22. The zero-order valence-electron chi connectivity index (χ0n) is 15.5. The molecule has 0 aromatic heterocycles. The number of nitrogens with zero attached hydrogens (tertiary/aromatic N) is 2. The van der Waals surface area contributed by atoms with Gasteiger partial charge in [0.1, 0.15) is 17.2 Å². The number of allylic oxidation sites excluding steroid dienone is 1. The summed E-state index contributed by atoms with van der Waals surface area (Å²) in [4.78, 5) is 0. The van der Waals surface area contributed by atoms with E-state index in [2.05, 4.69) is 15.5 Å². The molecule has 0 bridgehead atoms. The lowest BCUT2D eigenvalue weighted by Crippen LogP contribution is -2.03. The summed E-state index contributed by atoms with van der Waals surface area (Å²) >= 11 is 0. The van der Waals surface area contributed by atoms with Crippen LogP contribution in [0.15, 0.2) is 58.4 Å². The molecule has 2 aromatic rings. The maximum Gasteiger partial charge on any atom is 0.121 e. The van der Waals surface area contributed by atoms with Gasteiger partial charge >= 0.3 is 0 Å². The summed E-state index contributed by atoms with van der Waals surface area (Å²) in [5.74, 6) is 1.42. The third-order valence-corrected chi connectivity index (χ3v) is 3.67. The fourth-order valence-corrected chi connectivity index (χ4v) is 2.31. The Balaban J connectivity index is 2.09. The number of hydrogen-bond acceptors (Lipinski definition) is 7. The molecule has 7 nitrogen and oxygen atoms in total. The predicted molar refractivity (Wildman–Crippen MR) is 106 cm³/mol. The van der Waals surface area contributed by atoms with E-state index in [1.807, 2.05) is 32.1 Å². The molecule has 0 saturated carbocycles. The molecule has 5 N–H and O–H groups in total. The Morgan fingerprint density at radius 3 is 2.31 bits per heavy atom. The van der Waals surface area contributed by atoms with E-state index in [0.29, 0.717) is 22.8 Å².